The summed E-state index contributed by atoms with van der Waals surface area (Å²) in [7, 11) is 1.90. The van der Waals surface area contributed by atoms with Crippen molar-refractivity contribution in [3.05, 3.63) is 53.1 Å². The van der Waals surface area contributed by atoms with Gasteiger partial charge in [-0.1, -0.05) is 0 Å². The van der Waals surface area contributed by atoms with Crippen molar-refractivity contribution >= 4 is 29.6 Å². The summed E-state index contributed by atoms with van der Waals surface area (Å²) in [6.07, 6.45) is 4.46. The molecule has 24 heavy (non-hydrogen) atoms. The molecule has 1 aliphatic heterocycles. The van der Waals surface area contributed by atoms with Crippen molar-refractivity contribution in [1.29, 1.82) is 0 Å². The van der Waals surface area contributed by atoms with Crippen molar-refractivity contribution in [1.82, 2.24) is 14.9 Å². The van der Waals surface area contributed by atoms with Gasteiger partial charge >= 0.3 is 6.03 Å². The van der Waals surface area contributed by atoms with E-state index in [2.05, 4.69) is 10.3 Å². The van der Waals surface area contributed by atoms with Gasteiger partial charge in [0.15, 0.2) is 0 Å². The van der Waals surface area contributed by atoms with Crippen molar-refractivity contribution in [2.45, 2.75) is 13.8 Å². The molecule has 3 heterocycles. The molecule has 1 fully saturated rings. The SMILES string of the molecule is Cc1cc(/C=C2\C(=O)NC(=O)N(c3ccncc3)C2=O)c(C)n1C. The summed E-state index contributed by atoms with van der Waals surface area (Å²) < 4.78 is 1.96. The van der Waals surface area contributed by atoms with E-state index in [9.17, 15) is 14.4 Å². The number of nitrogens with one attached hydrogen (secondary N) is 1. The number of imide groups is 2. The Balaban J connectivity index is 2.06. The van der Waals surface area contributed by atoms with Crippen molar-refractivity contribution in [3.8, 4) is 0 Å². The lowest BCUT2D eigenvalue weighted by molar-refractivity contribution is -0.122. The lowest BCUT2D eigenvalue weighted by Crippen LogP contribution is -2.54. The van der Waals surface area contributed by atoms with Crippen LogP contribution in [0.1, 0.15) is 17.0 Å². The van der Waals surface area contributed by atoms with Crippen LogP contribution < -0.4 is 10.2 Å². The second kappa shape index (κ2) is 5.77. The lowest BCUT2D eigenvalue weighted by atomic mass is 10.1. The number of nitrogens with zero attached hydrogens (tertiary/aromatic N) is 3. The van der Waals surface area contributed by atoms with E-state index in [1.165, 1.54) is 30.6 Å². The van der Waals surface area contributed by atoms with Gasteiger partial charge in [0.25, 0.3) is 11.8 Å². The summed E-state index contributed by atoms with van der Waals surface area (Å²) >= 11 is 0. The predicted molar refractivity (Wildman–Crippen MR) is 88.1 cm³/mol. The lowest BCUT2D eigenvalue weighted by Gasteiger charge is -2.26. The van der Waals surface area contributed by atoms with Gasteiger partial charge in [-0.25, -0.2) is 9.69 Å². The molecule has 1 N–H and O–H groups in total. The van der Waals surface area contributed by atoms with Gasteiger partial charge in [0.2, 0.25) is 0 Å². The number of barbiturate groups is 1. The molecule has 7 nitrogen and oxygen atoms in total. The number of amides is 4. The summed E-state index contributed by atoms with van der Waals surface area (Å²) in [5.41, 5.74) is 2.96. The fraction of sp³-hybridized carbons (Fsp3) is 0.176. The van der Waals surface area contributed by atoms with Crippen molar-refractivity contribution in [2.75, 3.05) is 4.90 Å². The van der Waals surface area contributed by atoms with Gasteiger partial charge in [-0.3, -0.25) is 19.9 Å². The maximum atomic E-state index is 12.7. The first-order valence-corrected chi connectivity index (χ1v) is 7.34. The fourth-order valence-corrected chi connectivity index (χ4v) is 2.57. The van der Waals surface area contributed by atoms with E-state index in [1.807, 2.05) is 31.5 Å². The first-order valence-electron chi connectivity index (χ1n) is 7.34. The molecule has 1 aliphatic rings. The molecule has 0 saturated carbocycles. The number of anilines is 1. The number of rotatable bonds is 2. The third-order valence-electron chi connectivity index (χ3n) is 4.14. The van der Waals surface area contributed by atoms with Gasteiger partial charge in [0, 0.05) is 30.8 Å². The minimum Gasteiger partial charge on any atom is -0.352 e. The first kappa shape index (κ1) is 15.7. The van der Waals surface area contributed by atoms with E-state index in [0.29, 0.717) is 5.69 Å². The Labute approximate surface area is 138 Å². The molecule has 0 spiro atoms. The van der Waals surface area contributed by atoms with Gasteiger partial charge < -0.3 is 4.57 Å². The summed E-state index contributed by atoms with van der Waals surface area (Å²) in [6, 6.07) is 4.18. The van der Waals surface area contributed by atoms with Crippen LogP contribution in [-0.2, 0) is 16.6 Å². The highest BCUT2D eigenvalue weighted by molar-refractivity contribution is 6.39. The fourth-order valence-electron chi connectivity index (χ4n) is 2.57. The maximum absolute atomic E-state index is 12.7. The summed E-state index contributed by atoms with van der Waals surface area (Å²) in [5, 5.41) is 2.20. The molecule has 4 amide bonds. The molecule has 0 atom stereocenters. The molecule has 0 unspecified atom stereocenters. The van der Waals surface area contributed by atoms with Gasteiger partial charge in [-0.05, 0) is 43.7 Å². The van der Waals surface area contributed by atoms with Crippen LogP contribution in [0.4, 0.5) is 10.5 Å². The third-order valence-corrected chi connectivity index (χ3v) is 4.14. The molecule has 3 rings (SSSR count). The van der Waals surface area contributed by atoms with Gasteiger partial charge in [-0.15, -0.1) is 0 Å². The Bertz CT molecular complexity index is 881. The van der Waals surface area contributed by atoms with E-state index < -0.39 is 17.8 Å². The zero-order valence-corrected chi connectivity index (χ0v) is 13.5. The smallest absolute Gasteiger partial charge is 0.335 e. The predicted octanol–water partition coefficient (Wildman–Crippen LogP) is 1.70. The number of urea groups is 1. The molecule has 7 heteroatoms. The summed E-state index contributed by atoms with van der Waals surface area (Å²) in [5.74, 6) is -1.35. The molecule has 122 valence electrons. The molecule has 0 aromatic carbocycles. The van der Waals surface area contributed by atoms with E-state index in [0.717, 1.165) is 21.9 Å². The zero-order valence-electron chi connectivity index (χ0n) is 13.5. The Kier molecular flexibility index (Phi) is 3.76. The van der Waals surface area contributed by atoms with Gasteiger partial charge in [0.1, 0.15) is 5.57 Å². The van der Waals surface area contributed by atoms with Crippen molar-refractivity contribution < 1.29 is 14.4 Å². The summed E-state index contributed by atoms with van der Waals surface area (Å²) in [4.78, 5) is 41.7. The number of aryl methyl sites for hydroxylation is 1. The molecule has 1 saturated heterocycles. The van der Waals surface area contributed by atoms with Crippen molar-refractivity contribution in [3.63, 3.8) is 0 Å². The van der Waals surface area contributed by atoms with Crippen LogP contribution in [0.15, 0.2) is 36.2 Å². The Morgan fingerprint density at radius 1 is 1.12 bits per heavy atom. The maximum Gasteiger partial charge on any atom is 0.335 e. The Hall–Kier alpha value is -3.22. The van der Waals surface area contributed by atoms with Gasteiger partial charge in [0.05, 0.1) is 5.69 Å². The van der Waals surface area contributed by atoms with Crippen LogP contribution in [0.25, 0.3) is 6.08 Å². The Morgan fingerprint density at radius 3 is 2.38 bits per heavy atom. The highest BCUT2D eigenvalue weighted by atomic mass is 16.2. The molecular weight excluding hydrogens is 308 g/mol. The van der Waals surface area contributed by atoms with Crippen LogP contribution in [0.3, 0.4) is 0 Å². The molecule has 0 bridgehead atoms. The van der Waals surface area contributed by atoms with Crippen molar-refractivity contribution in [2.24, 2.45) is 7.05 Å². The van der Waals surface area contributed by atoms with Crippen LogP contribution in [0, 0.1) is 13.8 Å². The average Bonchev–Trinajstić information content (AvgIpc) is 2.79. The quantitative estimate of drug-likeness (QED) is 0.673. The van der Waals surface area contributed by atoms with E-state index >= 15 is 0 Å². The standard InChI is InChI=1S/C17H16N4O3/c1-10-8-12(11(2)20(10)3)9-14-15(22)19-17(24)21(16(14)23)13-4-6-18-7-5-13/h4-9H,1-3H3,(H,19,22,24)/b14-9+. The van der Waals surface area contributed by atoms with Crippen LogP contribution in [0.2, 0.25) is 0 Å². The number of pyridine rings is 1. The molecule has 2 aromatic rings. The number of hydrogen-bond acceptors (Lipinski definition) is 4. The van der Waals surface area contributed by atoms with E-state index in [4.69, 9.17) is 0 Å². The largest absolute Gasteiger partial charge is 0.352 e. The van der Waals surface area contributed by atoms with Gasteiger partial charge in [-0.2, -0.15) is 0 Å². The minimum absolute atomic E-state index is 0.0832. The molecular formula is C17H16N4O3. The highest BCUT2D eigenvalue weighted by Gasteiger charge is 2.36. The Morgan fingerprint density at radius 2 is 1.79 bits per heavy atom. The number of hydrogen-bond donors (Lipinski definition) is 1. The minimum atomic E-state index is -0.769. The second-order valence-corrected chi connectivity index (χ2v) is 5.55. The monoisotopic (exact) mass is 324 g/mol. The third kappa shape index (κ3) is 2.50. The van der Waals surface area contributed by atoms with Crippen LogP contribution >= 0.6 is 0 Å². The highest BCUT2D eigenvalue weighted by Crippen LogP contribution is 2.23. The van der Waals surface area contributed by atoms with Crippen LogP contribution in [-0.4, -0.2) is 27.4 Å². The number of carbonyl (C=O) groups excluding carboxylic acids is 3. The average molecular weight is 324 g/mol. The van der Waals surface area contributed by atoms with E-state index in [-0.39, 0.29) is 5.57 Å². The molecule has 0 aliphatic carbocycles. The van der Waals surface area contributed by atoms with E-state index in [1.54, 1.807) is 0 Å². The number of aromatic nitrogens is 2. The summed E-state index contributed by atoms with van der Waals surface area (Å²) in [6.45, 7) is 3.83. The molecule has 2 aromatic heterocycles. The first-order chi connectivity index (χ1) is 11.4. The topological polar surface area (TPSA) is 84.3 Å². The molecule has 0 radical (unpaired) electrons. The zero-order chi connectivity index (χ0) is 17.4. The number of carbonyl (C=O) groups is 3. The van der Waals surface area contributed by atoms with Crippen LogP contribution in [0.5, 0.6) is 0 Å². The normalized spacial score (nSPS) is 16.7. The second-order valence-electron chi connectivity index (χ2n) is 5.55.